The summed E-state index contributed by atoms with van der Waals surface area (Å²) in [4.78, 5) is 2.21. The van der Waals surface area contributed by atoms with Gasteiger partial charge < -0.3 is 10.0 Å². The second kappa shape index (κ2) is 6.16. The Hall–Kier alpha value is -0.390. The SMILES string of the molecule is CCn1ncc(Br)c1C(O)C1(N(C)C)CCC(C)CC1. The number of aliphatic hydroxyl groups is 1. The fourth-order valence-corrected chi connectivity index (χ4v) is 3.89. The quantitative estimate of drug-likeness (QED) is 0.912. The van der Waals surface area contributed by atoms with E-state index in [1.54, 1.807) is 6.20 Å². The van der Waals surface area contributed by atoms with Crippen molar-refractivity contribution in [3.8, 4) is 0 Å². The number of aliphatic hydroxyl groups excluding tert-OH is 1. The number of aromatic nitrogens is 2. The lowest BCUT2D eigenvalue weighted by atomic mass is 9.72. The topological polar surface area (TPSA) is 41.3 Å². The van der Waals surface area contributed by atoms with E-state index in [0.717, 1.165) is 35.5 Å². The van der Waals surface area contributed by atoms with E-state index in [1.165, 1.54) is 12.8 Å². The van der Waals surface area contributed by atoms with E-state index in [-0.39, 0.29) is 5.54 Å². The van der Waals surface area contributed by atoms with Crippen LogP contribution in [0.5, 0.6) is 0 Å². The van der Waals surface area contributed by atoms with Crippen LogP contribution in [0.25, 0.3) is 0 Å². The van der Waals surface area contributed by atoms with Crippen molar-refractivity contribution in [3.63, 3.8) is 0 Å². The predicted octanol–water partition coefficient (Wildman–Crippen LogP) is 3.21. The summed E-state index contributed by atoms with van der Waals surface area (Å²) in [6, 6.07) is 0. The van der Waals surface area contributed by atoms with Crippen LogP contribution in [0.1, 0.15) is 51.3 Å². The normalized spacial score (nSPS) is 28.9. The molecule has 1 N–H and O–H groups in total. The van der Waals surface area contributed by atoms with E-state index >= 15 is 0 Å². The van der Waals surface area contributed by atoms with Crippen molar-refractivity contribution < 1.29 is 5.11 Å². The van der Waals surface area contributed by atoms with Crippen molar-refractivity contribution in [2.75, 3.05) is 14.1 Å². The first-order chi connectivity index (χ1) is 9.42. The molecule has 0 bridgehead atoms. The van der Waals surface area contributed by atoms with Gasteiger partial charge in [0.2, 0.25) is 0 Å². The highest BCUT2D eigenvalue weighted by Gasteiger charge is 2.44. The first-order valence-corrected chi connectivity index (χ1v) is 8.28. The Labute approximate surface area is 130 Å². The number of rotatable bonds is 4. The van der Waals surface area contributed by atoms with E-state index in [1.807, 2.05) is 4.68 Å². The minimum Gasteiger partial charge on any atom is -0.385 e. The summed E-state index contributed by atoms with van der Waals surface area (Å²) in [7, 11) is 4.17. The molecule has 114 valence electrons. The molecule has 1 heterocycles. The zero-order chi connectivity index (χ0) is 14.9. The van der Waals surface area contributed by atoms with Gasteiger partial charge in [0.05, 0.1) is 21.9 Å². The van der Waals surface area contributed by atoms with Crippen LogP contribution in [0.4, 0.5) is 0 Å². The monoisotopic (exact) mass is 343 g/mol. The molecule has 1 aromatic heterocycles. The van der Waals surface area contributed by atoms with Crippen LogP contribution >= 0.6 is 15.9 Å². The predicted molar refractivity (Wildman–Crippen MR) is 84.6 cm³/mol. The molecule has 4 nitrogen and oxygen atoms in total. The smallest absolute Gasteiger partial charge is 0.115 e. The van der Waals surface area contributed by atoms with Crippen LogP contribution in [-0.4, -0.2) is 39.4 Å². The Morgan fingerprint density at radius 1 is 1.50 bits per heavy atom. The number of hydrogen-bond acceptors (Lipinski definition) is 3. The molecular formula is C15H26BrN3O. The molecule has 0 radical (unpaired) electrons. The molecule has 5 heteroatoms. The maximum absolute atomic E-state index is 11.1. The summed E-state index contributed by atoms with van der Waals surface area (Å²) in [6.07, 6.45) is 5.69. The standard InChI is InChI=1S/C15H26BrN3O/c1-5-19-13(12(16)10-17-19)14(20)15(18(3)4)8-6-11(2)7-9-15/h10-11,14,20H,5-9H2,1-4H3. The Balaban J connectivity index is 2.36. The lowest BCUT2D eigenvalue weighted by Crippen LogP contribution is -2.52. The van der Waals surface area contributed by atoms with Crippen LogP contribution in [0, 0.1) is 5.92 Å². The van der Waals surface area contributed by atoms with Crippen molar-refractivity contribution in [1.29, 1.82) is 0 Å². The van der Waals surface area contributed by atoms with Gasteiger partial charge in [0.1, 0.15) is 6.10 Å². The molecule has 0 amide bonds. The van der Waals surface area contributed by atoms with Crippen molar-refractivity contribution >= 4 is 15.9 Å². The number of aryl methyl sites for hydroxylation is 1. The van der Waals surface area contributed by atoms with E-state index in [9.17, 15) is 5.11 Å². The van der Waals surface area contributed by atoms with Gasteiger partial charge in [-0.05, 0) is 68.6 Å². The van der Waals surface area contributed by atoms with Gasteiger partial charge in [-0.1, -0.05) is 6.92 Å². The summed E-state index contributed by atoms with van der Waals surface area (Å²) >= 11 is 3.55. The van der Waals surface area contributed by atoms with Crippen LogP contribution in [0.15, 0.2) is 10.7 Å². The van der Waals surface area contributed by atoms with E-state index in [0.29, 0.717) is 0 Å². The summed E-state index contributed by atoms with van der Waals surface area (Å²) in [5, 5.41) is 15.4. The number of hydrogen-bond donors (Lipinski definition) is 1. The summed E-state index contributed by atoms with van der Waals surface area (Å²) in [6.45, 7) is 5.14. The second-order valence-electron chi connectivity index (χ2n) is 6.28. The molecule has 1 unspecified atom stereocenters. The molecule has 1 aliphatic carbocycles. The first kappa shape index (κ1) is 16.0. The molecule has 1 atom stereocenters. The van der Waals surface area contributed by atoms with Gasteiger partial charge in [-0.15, -0.1) is 0 Å². The Kier molecular flexibility index (Phi) is 4.92. The number of nitrogens with zero attached hydrogens (tertiary/aromatic N) is 3. The largest absolute Gasteiger partial charge is 0.385 e. The molecule has 1 fully saturated rings. The molecule has 0 saturated heterocycles. The van der Waals surface area contributed by atoms with Crippen molar-refractivity contribution in [2.45, 2.75) is 57.7 Å². The van der Waals surface area contributed by atoms with Gasteiger partial charge in [0.25, 0.3) is 0 Å². The van der Waals surface area contributed by atoms with Gasteiger partial charge in [-0.3, -0.25) is 4.68 Å². The van der Waals surface area contributed by atoms with Gasteiger partial charge >= 0.3 is 0 Å². The van der Waals surface area contributed by atoms with Gasteiger partial charge in [0.15, 0.2) is 0 Å². The highest BCUT2D eigenvalue weighted by Crippen LogP contribution is 2.44. The molecule has 1 aromatic rings. The zero-order valence-corrected chi connectivity index (χ0v) is 14.5. The second-order valence-corrected chi connectivity index (χ2v) is 7.13. The molecule has 0 aromatic carbocycles. The molecule has 0 aliphatic heterocycles. The third-order valence-corrected chi connectivity index (χ3v) is 5.54. The van der Waals surface area contributed by atoms with Gasteiger partial charge in [0, 0.05) is 6.54 Å². The Morgan fingerprint density at radius 3 is 2.60 bits per heavy atom. The highest BCUT2D eigenvalue weighted by atomic mass is 79.9. The maximum atomic E-state index is 11.1. The minimum absolute atomic E-state index is 0.179. The van der Waals surface area contributed by atoms with Crippen molar-refractivity contribution in [1.82, 2.24) is 14.7 Å². The third-order valence-electron chi connectivity index (χ3n) is 4.93. The van der Waals surface area contributed by atoms with E-state index < -0.39 is 6.10 Å². The molecule has 2 rings (SSSR count). The highest BCUT2D eigenvalue weighted by molar-refractivity contribution is 9.10. The summed E-state index contributed by atoms with van der Waals surface area (Å²) in [5.41, 5.74) is 0.734. The van der Waals surface area contributed by atoms with E-state index in [2.05, 4.69) is 53.9 Å². The average Bonchev–Trinajstić information content (AvgIpc) is 2.79. The molecule has 0 spiro atoms. The average molecular weight is 344 g/mol. The summed E-state index contributed by atoms with van der Waals surface area (Å²) in [5.74, 6) is 0.759. The van der Waals surface area contributed by atoms with Crippen LogP contribution in [-0.2, 0) is 6.54 Å². The van der Waals surface area contributed by atoms with E-state index in [4.69, 9.17) is 0 Å². The molecule has 20 heavy (non-hydrogen) atoms. The third kappa shape index (κ3) is 2.68. The molecule has 1 aliphatic rings. The fourth-order valence-electron chi connectivity index (χ4n) is 3.38. The first-order valence-electron chi connectivity index (χ1n) is 7.49. The van der Waals surface area contributed by atoms with Crippen molar-refractivity contribution in [3.05, 3.63) is 16.4 Å². The number of likely N-dealkylation sites (N-methyl/N-ethyl adjacent to an activating group) is 1. The van der Waals surface area contributed by atoms with Crippen LogP contribution in [0.2, 0.25) is 0 Å². The maximum Gasteiger partial charge on any atom is 0.115 e. The van der Waals surface area contributed by atoms with Crippen LogP contribution in [0.3, 0.4) is 0 Å². The molecular weight excluding hydrogens is 318 g/mol. The summed E-state index contributed by atoms with van der Waals surface area (Å²) < 4.78 is 2.81. The lowest BCUT2D eigenvalue weighted by molar-refractivity contribution is -0.0452. The van der Waals surface area contributed by atoms with Crippen LogP contribution < -0.4 is 0 Å². The number of halogens is 1. The fraction of sp³-hybridized carbons (Fsp3) is 0.800. The Morgan fingerprint density at radius 2 is 2.10 bits per heavy atom. The van der Waals surface area contributed by atoms with Gasteiger partial charge in [-0.2, -0.15) is 5.10 Å². The molecule has 1 saturated carbocycles. The lowest BCUT2D eigenvalue weighted by Gasteiger charge is -2.47. The zero-order valence-electron chi connectivity index (χ0n) is 12.9. The minimum atomic E-state index is -0.512. The van der Waals surface area contributed by atoms with Crippen molar-refractivity contribution in [2.24, 2.45) is 5.92 Å². The Bertz CT molecular complexity index is 450. The van der Waals surface area contributed by atoms with Gasteiger partial charge in [-0.25, -0.2) is 0 Å².